The maximum atomic E-state index is 12.2. The first-order valence-electron chi connectivity index (χ1n) is 6.58. The van der Waals surface area contributed by atoms with E-state index < -0.39 is 0 Å². The lowest BCUT2D eigenvalue weighted by Crippen LogP contribution is -2.24. The SMILES string of the molecule is CN(C)C(=O)Cc1c(-c2ccc(Cl)s2)nc2ccc(Cl)cn12. The molecule has 0 aliphatic carbocycles. The predicted octanol–water partition coefficient (Wildman–Crippen LogP) is 4.00. The number of hydrogen-bond donors (Lipinski definition) is 0. The van der Waals surface area contributed by atoms with Crippen LogP contribution in [0.1, 0.15) is 5.69 Å². The molecule has 0 fully saturated rings. The molecule has 0 aliphatic heterocycles. The number of imidazole rings is 1. The molecule has 3 aromatic heterocycles. The highest BCUT2D eigenvalue weighted by atomic mass is 35.5. The maximum absolute atomic E-state index is 12.2. The molecule has 0 aliphatic rings. The van der Waals surface area contributed by atoms with Gasteiger partial charge >= 0.3 is 0 Å². The Morgan fingerprint density at radius 2 is 2.05 bits per heavy atom. The van der Waals surface area contributed by atoms with Crippen LogP contribution in [0.5, 0.6) is 0 Å². The lowest BCUT2D eigenvalue weighted by molar-refractivity contribution is -0.128. The molecule has 7 heteroatoms. The van der Waals surface area contributed by atoms with Crippen LogP contribution in [0, 0.1) is 0 Å². The van der Waals surface area contributed by atoms with Gasteiger partial charge in [-0.05, 0) is 24.3 Å². The third-order valence-electron chi connectivity index (χ3n) is 3.31. The molecule has 0 radical (unpaired) electrons. The van der Waals surface area contributed by atoms with Gasteiger partial charge in [-0.3, -0.25) is 4.79 Å². The molecule has 3 heterocycles. The smallest absolute Gasteiger partial charge is 0.228 e. The third-order valence-corrected chi connectivity index (χ3v) is 4.77. The van der Waals surface area contributed by atoms with E-state index in [-0.39, 0.29) is 12.3 Å². The lowest BCUT2D eigenvalue weighted by atomic mass is 10.2. The van der Waals surface area contributed by atoms with Crippen LogP contribution in [0.3, 0.4) is 0 Å². The molecule has 0 bridgehead atoms. The van der Waals surface area contributed by atoms with Crippen molar-refractivity contribution in [2.45, 2.75) is 6.42 Å². The molecule has 0 N–H and O–H groups in total. The van der Waals surface area contributed by atoms with Crippen molar-refractivity contribution in [2.24, 2.45) is 0 Å². The van der Waals surface area contributed by atoms with E-state index in [1.165, 1.54) is 11.3 Å². The standard InChI is InChI=1S/C15H13Cl2N3OS/c1-19(2)14(21)7-10-15(11-4-5-12(17)22-11)18-13-6-3-9(16)8-20(10)13/h3-6,8H,7H2,1-2H3. The number of carbonyl (C=O) groups is 1. The number of likely N-dealkylation sites (N-methyl/N-ethyl adjacent to an activating group) is 1. The molecule has 0 saturated heterocycles. The third kappa shape index (κ3) is 2.84. The van der Waals surface area contributed by atoms with Crippen molar-refractivity contribution >= 4 is 46.1 Å². The van der Waals surface area contributed by atoms with Gasteiger partial charge in [0.25, 0.3) is 0 Å². The first-order chi connectivity index (χ1) is 10.5. The average Bonchev–Trinajstić information content (AvgIpc) is 3.03. The van der Waals surface area contributed by atoms with Crippen molar-refractivity contribution in [3.8, 4) is 10.6 Å². The number of nitrogens with zero attached hydrogens (tertiary/aromatic N) is 3. The van der Waals surface area contributed by atoms with Gasteiger partial charge in [0.1, 0.15) is 11.3 Å². The topological polar surface area (TPSA) is 37.6 Å². The van der Waals surface area contributed by atoms with Crippen LogP contribution in [0.4, 0.5) is 0 Å². The van der Waals surface area contributed by atoms with E-state index in [1.807, 2.05) is 22.6 Å². The van der Waals surface area contributed by atoms with Crippen LogP contribution >= 0.6 is 34.5 Å². The summed E-state index contributed by atoms with van der Waals surface area (Å²) in [6, 6.07) is 7.37. The maximum Gasteiger partial charge on any atom is 0.228 e. The molecular formula is C15H13Cl2N3OS. The number of pyridine rings is 1. The van der Waals surface area contributed by atoms with E-state index in [9.17, 15) is 4.79 Å². The summed E-state index contributed by atoms with van der Waals surface area (Å²) in [6.45, 7) is 0. The monoisotopic (exact) mass is 353 g/mol. The number of amides is 1. The molecule has 22 heavy (non-hydrogen) atoms. The Bertz CT molecular complexity index is 854. The molecule has 0 atom stereocenters. The number of carbonyl (C=O) groups excluding carboxylic acids is 1. The Morgan fingerprint density at radius 1 is 1.27 bits per heavy atom. The summed E-state index contributed by atoms with van der Waals surface area (Å²) >= 11 is 13.6. The minimum atomic E-state index is 0.00526. The van der Waals surface area contributed by atoms with Gasteiger partial charge in [-0.2, -0.15) is 0 Å². The number of rotatable bonds is 3. The highest BCUT2D eigenvalue weighted by Crippen LogP contribution is 2.33. The summed E-state index contributed by atoms with van der Waals surface area (Å²) in [5.41, 5.74) is 2.34. The minimum absolute atomic E-state index is 0.00526. The van der Waals surface area contributed by atoms with E-state index in [0.717, 1.165) is 21.9 Å². The summed E-state index contributed by atoms with van der Waals surface area (Å²) in [4.78, 5) is 19.3. The normalized spacial score (nSPS) is 11.1. The van der Waals surface area contributed by atoms with Crippen molar-refractivity contribution < 1.29 is 4.79 Å². The van der Waals surface area contributed by atoms with Crippen LogP contribution in [0.2, 0.25) is 9.36 Å². The molecule has 3 rings (SSSR count). The first-order valence-corrected chi connectivity index (χ1v) is 8.15. The number of aromatic nitrogens is 2. The molecule has 0 saturated carbocycles. The van der Waals surface area contributed by atoms with Gasteiger partial charge in [-0.25, -0.2) is 4.98 Å². The van der Waals surface area contributed by atoms with E-state index in [2.05, 4.69) is 4.98 Å². The van der Waals surface area contributed by atoms with Gasteiger partial charge < -0.3 is 9.30 Å². The molecular weight excluding hydrogens is 341 g/mol. The second-order valence-corrected chi connectivity index (χ2v) is 7.20. The van der Waals surface area contributed by atoms with Crippen LogP contribution < -0.4 is 0 Å². The van der Waals surface area contributed by atoms with Gasteiger partial charge in [0.2, 0.25) is 5.91 Å². The number of fused-ring (bicyclic) bond motifs is 1. The lowest BCUT2D eigenvalue weighted by Gasteiger charge is -2.11. The van der Waals surface area contributed by atoms with Gasteiger partial charge in [0.15, 0.2) is 0 Å². The summed E-state index contributed by atoms with van der Waals surface area (Å²) in [7, 11) is 3.47. The fraction of sp³-hybridized carbons (Fsp3) is 0.200. The Hall–Kier alpha value is -1.56. The Balaban J connectivity index is 2.19. The molecule has 0 unspecified atom stereocenters. The number of hydrogen-bond acceptors (Lipinski definition) is 3. The first kappa shape index (κ1) is 15.3. The summed E-state index contributed by atoms with van der Waals surface area (Å²) in [5, 5.41) is 0.596. The van der Waals surface area contributed by atoms with Crippen LogP contribution in [0.15, 0.2) is 30.5 Å². The minimum Gasteiger partial charge on any atom is -0.348 e. The Morgan fingerprint density at radius 3 is 2.68 bits per heavy atom. The van der Waals surface area contributed by atoms with Crippen LogP contribution in [-0.2, 0) is 11.2 Å². The second-order valence-electron chi connectivity index (χ2n) is 5.05. The van der Waals surface area contributed by atoms with E-state index >= 15 is 0 Å². The van der Waals surface area contributed by atoms with Crippen molar-refractivity contribution in [1.29, 1.82) is 0 Å². The molecule has 0 spiro atoms. The van der Waals surface area contributed by atoms with Crippen molar-refractivity contribution in [2.75, 3.05) is 14.1 Å². The fourth-order valence-electron chi connectivity index (χ4n) is 2.18. The fourth-order valence-corrected chi connectivity index (χ4v) is 3.39. The zero-order valence-corrected chi connectivity index (χ0v) is 14.3. The van der Waals surface area contributed by atoms with Gasteiger partial charge in [-0.15, -0.1) is 11.3 Å². The van der Waals surface area contributed by atoms with Crippen molar-refractivity contribution in [1.82, 2.24) is 14.3 Å². The van der Waals surface area contributed by atoms with Crippen molar-refractivity contribution in [3.63, 3.8) is 0 Å². The van der Waals surface area contributed by atoms with Crippen LogP contribution in [0.25, 0.3) is 16.2 Å². The zero-order chi connectivity index (χ0) is 15.9. The zero-order valence-electron chi connectivity index (χ0n) is 12.0. The van der Waals surface area contributed by atoms with Gasteiger partial charge in [0.05, 0.1) is 26.4 Å². The molecule has 1 amide bonds. The van der Waals surface area contributed by atoms with Gasteiger partial charge in [-0.1, -0.05) is 23.2 Å². The highest BCUT2D eigenvalue weighted by molar-refractivity contribution is 7.19. The Labute approximate surface area is 141 Å². The van der Waals surface area contributed by atoms with Crippen LogP contribution in [-0.4, -0.2) is 34.3 Å². The summed E-state index contributed by atoms with van der Waals surface area (Å²) < 4.78 is 2.56. The number of thiophene rings is 1. The van der Waals surface area contributed by atoms with Crippen molar-refractivity contribution in [3.05, 3.63) is 45.5 Å². The van der Waals surface area contributed by atoms with E-state index in [4.69, 9.17) is 23.2 Å². The van der Waals surface area contributed by atoms with E-state index in [1.54, 1.807) is 31.3 Å². The summed E-state index contributed by atoms with van der Waals surface area (Å²) in [6.07, 6.45) is 2.03. The van der Waals surface area contributed by atoms with E-state index in [0.29, 0.717) is 9.36 Å². The largest absolute Gasteiger partial charge is 0.348 e. The molecule has 4 nitrogen and oxygen atoms in total. The second kappa shape index (κ2) is 5.91. The molecule has 0 aromatic carbocycles. The summed E-state index contributed by atoms with van der Waals surface area (Å²) in [5.74, 6) is 0.00526. The quantitative estimate of drug-likeness (QED) is 0.713. The number of halogens is 2. The molecule has 3 aromatic rings. The predicted molar refractivity (Wildman–Crippen MR) is 90.9 cm³/mol. The highest BCUT2D eigenvalue weighted by Gasteiger charge is 2.19. The molecule has 114 valence electrons. The Kier molecular flexibility index (Phi) is 4.12. The average molecular weight is 354 g/mol. The van der Waals surface area contributed by atoms with Gasteiger partial charge in [0, 0.05) is 20.3 Å².